The minimum Gasteiger partial charge on any atom is -0.492 e. The molecule has 1 aromatic carbocycles. The van der Waals surface area contributed by atoms with Crippen LogP contribution < -0.4 is 14.5 Å². The molecule has 1 spiro atoms. The van der Waals surface area contributed by atoms with Gasteiger partial charge in [0, 0.05) is 31.9 Å². The number of hydrogen-bond donors (Lipinski definition) is 0. The molecule has 10 nitrogen and oxygen atoms in total. The van der Waals surface area contributed by atoms with Crippen LogP contribution in [-0.4, -0.2) is 81.4 Å². The van der Waals surface area contributed by atoms with Crippen LogP contribution in [0.3, 0.4) is 0 Å². The van der Waals surface area contributed by atoms with Gasteiger partial charge in [0.1, 0.15) is 29.6 Å². The molecule has 3 aliphatic rings. The van der Waals surface area contributed by atoms with Crippen molar-refractivity contribution in [2.45, 2.75) is 90.1 Å². The van der Waals surface area contributed by atoms with Gasteiger partial charge in [-0.2, -0.15) is 18.4 Å². The number of anilines is 2. The molecule has 258 valence electrons. The fraction of sp³-hybridized carbons (Fsp3) is 0.559. The SMILES string of the molecule is CCc1cc(N2C(=S)N(c3cnc(C#N)c(C(F)(F)F)c3)C(=O)C23CCC3)ccc1OCCN1CCN(C(=O)OC(C)(C)C)C(C)(C)C1. The average molecular weight is 687 g/mol. The first kappa shape index (κ1) is 35.3. The monoisotopic (exact) mass is 686 g/mol. The summed E-state index contributed by atoms with van der Waals surface area (Å²) in [6.07, 6.45) is -1.68. The minimum atomic E-state index is -4.83. The smallest absolute Gasteiger partial charge is 0.419 e. The van der Waals surface area contributed by atoms with Crippen molar-refractivity contribution in [1.29, 1.82) is 5.26 Å². The van der Waals surface area contributed by atoms with Crippen LogP contribution in [0.25, 0.3) is 0 Å². The lowest BCUT2D eigenvalue weighted by molar-refractivity contribution is -0.138. The van der Waals surface area contributed by atoms with E-state index in [-0.39, 0.29) is 16.9 Å². The highest BCUT2D eigenvalue weighted by atomic mass is 32.1. The average Bonchev–Trinajstić information content (AvgIpc) is 3.21. The standard InChI is InChI=1S/C34H41F3N6O4S/c1-7-22-17-23(9-10-27(22)46-16-15-40-13-14-41(32(5,6)21-40)30(45)47-31(2,3)4)43-29(48)42(28(44)33(43)11-8-12-33)24-18-25(34(35,36)37)26(19-38)39-20-24/h9-10,17-18,20H,7-8,11-16,21H2,1-6H3. The lowest BCUT2D eigenvalue weighted by Gasteiger charge is -2.47. The van der Waals surface area contributed by atoms with Crippen molar-refractivity contribution in [3.8, 4) is 11.8 Å². The molecule has 14 heteroatoms. The second-order valence-corrected chi connectivity index (χ2v) is 14.4. The first-order valence-electron chi connectivity index (χ1n) is 16.1. The minimum absolute atomic E-state index is 0.0585. The van der Waals surface area contributed by atoms with E-state index < -0.39 is 40.0 Å². The van der Waals surface area contributed by atoms with Gasteiger partial charge in [0.05, 0.1) is 23.0 Å². The number of nitriles is 1. The molecule has 0 bridgehead atoms. The van der Waals surface area contributed by atoms with E-state index >= 15 is 0 Å². The zero-order valence-corrected chi connectivity index (χ0v) is 28.9. The van der Waals surface area contributed by atoms with Crippen molar-refractivity contribution in [1.82, 2.24) is 14.8 Å². The zero-order chi connectivity index (χ0) is 35.2. The molecule has 1 aliphatic carbocycles. The maximum atomic E-state index is 13.9. The number of aryl methyl sites for hydroxylation is 1. The van der Waals surface area contributed by atoms with Gasteiger partial charge in [0.2, 0.25) is 0 Å². The van der Waals surface area contributed by atoms with Crippen molar-refractivity contribution in [3.63, 3.8) is 0 Å². The van der Waals surface area contributed by atoms with Gasteiger partial charge in [-0.3, -0.25) is 14.6 Å². The molecular weight excluding hydrogens is 645 g/mol. The number of hydrogen-bond acceptors (Lipinski definition) is 8. The van der Waals surface area contributed by atoms with Crippen LogP contribution in [0.4, 0.5) is 29.3 Å². The summed E-state index contributed by atoms with van der Waals surface area (Å²) in [5, 5.41) is 9.24. The van der Waals surface area contributed by atoms with Crippen LogP contribution in [0.2, 0.25) is 0 Å². The van der Waals surface area contributed by atoms with Crippen LogP contribution in [-0.2, 0) is 22.1 Å². The number of amides is 2. The fourth-order valence-corrected chi connectivity index (χ4v) is 7.07. The van der Waals surface area contributed by atoms with Crippen LogP contribution in [0.5, 0.6) is 5.75 Å². The summed E-state index contributed by atoms with van der Waals surface area (Å²) in [6.45, 7) is 14.6. The summed E-state index contributed by atoms with van der Waals surface area (Å²) in [7, 11) is 0. The Kier molecular flexibility index (Phi) is 9.44. The molecule has 0 unspecified atom stereocenters. The number of alkyl halides is 3. The third-order valence-electron chi connectivity index (χ3n) is 9.08. The van der Waals surface area contributed by atoms with Crippen LogP contribution >= 0.6 is 12.2 Å². The van der Waals surface area contributed by atoms with Crippen LogP contribution in [0.1, 0.15) is 77.6 Å². The predicted molar refractivity (Wildman–Crippen MR) is 178 cm³/mol. The lowest BCUT2D eigenvalue weighted by atomic mass is 9.75. The van der Waals surface area contributed by atoms with E-state index in [4.69, 9.17) is 21.7 Å². The molecule has 48 heavy (non-hydrogen) atoms. The zero-order valence-electron chi connectivity index (χ0n) is 28.1. The van der Waals surface area contributed by atoms with Crippen molar-refractivity contribution in [2.24, 2.45) is 0 Å². The Bertz CT molecular complexity index is 1650. The Labute approximate surface area is 284 Å². The summed E-state index contributed by atoms with van der Waals surface area (Å²) in [5.41, 5.74) is -2.57. The number of piperazine rings is 1. The Hall–Kier alpha value is -3.96. The Morgan fingerprint density at radius 3 is 2.40 bits per heavy atom. The van der Waals surface area contributed by atoms with E-state index in [0.717, 1.165) is 29.1 Å². The molecule has 3 heterocycles. The first-order chi connectivity index (χ1) is 22.4. The first-order valence-corrected chi connectivity index (χ1v) is 16.5. The van der Waals surface area contributed by atoms with E-state index in [1.807, 2.05) is 59.7 Å². The van der Waals surface area contributed by atoms with Crippen LogP contribution in [0, 0.1) is 11.3 Å². The molecule has 2 saturated heterocycles. The second-order valence-electron chi connectivity index (χ2n) is 14.1. The molecule has 2 aromatic rings. The van der Waals surface area contributed by atoms with Gasteiger partial charge in [0.15, 0.2) is 10.8 Å². The Morgan fingerprint density at radius 1 is 1.12 bits per heavy atom. The van der Waals surface area contributed by atoms with E-state index in [1.54, 1.807) is 9.80 Å². The fourth-order valence-electron chi connectivity index (χ4n) is 6.60. The van der Waals surface area contributed by atoms with E-state index in [1.165, 1.54) is 6.07 Å². The van der Waals surface area contributed by atoms with E-state index in [9.17, 15) is 28.0 Å². The molecule has 1 aromatic heterocycles. The van der Waals surface area contributed by atoms with E-state index in [0.29, 0.717) is 63.5 Å². The van der Waals surface area contributed by atoms with Crippen molar-refractivity contribution < 1.29 is 32.2 Å². The van der Waals surface area contributed by atoms with Gasteiger partial charge in [-0.15, -0.1) is 0 Å². The number of carbonyl (C=O) groups excluding carboxylic acids is 2. The topological polar surface area (TPSA) is 102 Å². The molecule has 0 N–H and O–H groups in total. The molecule has 5 rings (SSSR count). The van der Waals surface area contributed by atoms with E-state index in [2.05, 4.69) is 9.88 Å². The number of pyridine rings is 1. The highest BCUT2D eigenvalue weighted by molar-refractivity contribution is 7.81. The van der Waals surface area contributed by atoms with Crippen LogP contribution in [0.15, 0.2) is 30.5 Å². The molecule has 2 amide bonds. The highest BCUT2D eigenvalue weighted by Gasteiger charge is 2.60. The molecular formula is C34H41F3N6O4S. The number of nitrogens with zero attached hydrogens (tertiary/aromatic N) is 6. The molecule has 3 fully saturated rings. The number of ether oxygens (including phenoxy) is 2. The molecule has 0 radical (unpaired) electrons. The summed E-state index contributed by atoms with van der Waals surface area (Å²) >= 11 is 5.76. The van der Waals surface area contributed by atoms with Gasteiger partial charge < -0.3 is 19.3 Å². The molecule has 2 aliphatic heterocycles. The maximum absolute atomic E-state index is 13.9. The molecule has 0 atom stereocenters. The van der Waals surface area contributed by atoms with Gasteiger partial charge in [-0.05, 0) is 102 Å². The lowest BCUT2D eigenvalue weighted by Crippen LogP contribution is -2.62. The largest absolute Gasteiger partial charge is 0.492 e. The van der Waals surface area contributed by atoms with Gasteiger partial charge in [-0.25, -0.2) is 9.78 Å². The number of aromatic nitrogens is 1. The van der Waals surface area contributed by atoms with Crippen molar-refractivity contribution in [2.75, 3.05) is 42.6 Å². The summed E-state index contributed by atoms with van der Waals surface area (Å²) < 4.78 is 53.1. The number of thiocarbonyl (C=S) groups is 1. The Balaban J connectivity index is 1.30. The van der Waals surface area contributed by atoms with Gasteiger partial charge >= 0.3 is 12.3 Å². The number of rotatable bonds is 7. The Morgan fingerprint density at radius 2 is 1.83 bits per heavy atom. The highest BCUT2D eigenvalue weighted by Crippen LogP contribution is 2.48. The normalized spacial score (nSPS) is 19.4. The molecule has 1 saturated carbocycles. The van der Waals surface area contributed by atoms with Gasteiger partial charge in [-0.1, -0.05) is 6.92 Å². The summed E-state index contributed by atoms with van der Waals surface area (Å²) in [6, 6.07) is 7.81. The third kappa shape index (κ3) is 6.67. The summed E-state index contributed by atoms with van der Waals surface area (Å²) in [4.78, 5) is 37.2. The number of carbonyl (C=O) groups is 2. The quantitative estimate of drug-likeness (QED) is 0.311. The van der Waals surface area contributed by atoms with Gasteiger partial charge in [0.25, 0.3) is 5.91 Å². The number of benzene rings is 1. The van der Waals surface area contributed by atoms with Crippen molar-refractivity contribution in [3.05, 3.63) is 47.3 Å². The number of halogens is 3. The van der Waals surface area contributed by atoms with Crippen molar-refractivity contribution >= 4 is 40.7 Å². The predicted octanol–water partition coefficient (Wildman–Crippen LogP) is 6.31. The summed E-state index contributed by atoms with van der Waals surface area (Å²) in [5.74, 6) is 0.279. The third-order valence-corrected chi connectivity index (χ3v) is 9.44. The second kappa shape index (κ2) is 12.8. The maximum Gasteiger partial charge on any atom is 0.419 e.